The molecule has 5 aromatic rings. The van der Waals surface area contributed by atoms with Gasteiger partial charge in [-0.2, -0.15) is 0 Å². The summed E-state index contributed by atoms with van der Waals surface area (Å²) in [7, 11) is 0. The van der Waals surface area contributed by atoms with Crippen LogP contribution in [-0.2, 0) is 17.8 Å². The van der Waals surface area contributed by atoms with E-state index in [2.05, 4.69) is 15.3 Å². The van der Waals surface area contributed by atoms with Crippen molar-refractivity contribution in [1.82, 2.24) is 14.4 Å². The molecule has 0 aliphatic rings. The van der Waals surface area contributed by atoms with Crippen molar-refractivity contribution in [3.8, 4) is 17.1 Å². The first-order valence-corrected chi connectivity index (χ1v) is 10.9. The van der Waals surface area contributed by atoms with Gasteiger partial charge in [0.15, 0.2) is 11.7 Å². The summed E-state index contributed by atoms with van der Waals surface area (Å²) in [5, 5.41) is 2.82. The van der Waals surface area contributed by atoms with Gasteiger partial charge in [-0.05, 0) is 36.4 Å². The van der Waals surface area contributed by atoms with Crippen molar-refractivity contribution in [3.05, 3.63) is 102 Å². The average molecular weight is 474 g/mol. The van der Waals surface area contributed by atoms with Gasteiger partial charge in [-0.1, -0.05) is 12.1 Å². The van der Waals surface area contributed by atoms with E-state index in [1.54, 1.807) is 24.3 Å². The maximum absolute atomic E-state index is 13.9. The van der Waals surface area contributed by atoms with E-state index in [1.807, 2.05) is 35.0 Å². The Balaban J connectivity index is 1.15. The molecule has 0 aliphatic heterocycles. The van der Waals surface area contributed by atoms with Crippen molar-refractivity contribution >= 4 is 17.2 Å². The van der Waals surface area contributed by atoms with Gasteiger partial charge in [-0.25, -0.2) is 18.7 Å². The number of imidazole rings is 1. The Morgan fingerprint density at radius 3 is 2.86 bits per heavy atom. The summed E-state index contributed by atoms with van der Waals surface area (Å²) in [6.45, 7) is 0.292. The van der Waals surface area contributed by atoms with Crippen LogP contribution in [0.4, 0.5) is 14.5 Å². The number of rotatable bonds is 8. The van der Waals surface area contributed by atoms with Crippen molar-refractivity contribution in [1.29, 1.82) is 0 Å². The fraction of sp³-hybridized carbons (Fsp3) is 0.115. The van der Waals surface area contributed by atoms with E-state index in [0.717, 1.165) is 23.5 Å². The van der Waals surface area contributed by atoms with E-state index in [1.165, 1.54) is 12.3 Å². The van der Waals surface area contributed by atoms with Crippen molar-refractivity contribution in [3.63, 3.8) is 0 Å². The van der Waals surface area contributed by atoms with E-state index >= 15 is 0 Å². The molecule has 1 N–H and O–H groups in total. The van der Waals surface area contributed by atoms with E-state index in [4.69, 9.17) is 9.15 Å². The number of hydrogen-bond donors (Lipinski definition) is 1. The highest BCUT2D eigenvalue weighted by atomic mass is 19.1. The SMILES string of the molecule is O=C(CCc1ncc(-c2ccc(F)cc2F)o1)Nc1cccc(OCc2cn3ccccc3n2)c1. The van der Waals surface area contributed by atoms with Gasteiger partial charge in [0.25, 0.3) is 0 Å². The molecule has 176 valence electrons. The molecule has 5 rings (SSSR count). The minimum absolute atomic E-state index is 0.107. The summed E-state index contributed by atoms with van der Waals surface area (Å²) in [4.78, 5) is 21.0. The first-order chi connectivity index (χ1) is 17.0. The van der Waals surface area contributed by atoms with Crippen LogP contribution in [0.5, 0.6) is 5.75 Å². The lowest BCUT2D eigenvalue weighted by Gasteiger charge is -2.08. The lowest BCUT2D eigenvalue weighted by atomic mass is 10.2. The lowest BCUT2D eigenvalue weighted by molar-refractivity contribution is -0.116. The number of anilines is 1. The molecule has 0 spiro atoms. The topological polar surface area (TPSA) is 81.7 Å². The fourth-order valence-electron chi connectivity index (χ4n) is 3.56. The predicted octanol–water partition coefficient (Wildman–Crippen LogP) is 5.42. The molecular weight excluding hydrogens is 454 g/mol. The number of carbonyl (C=O) groups excluding carboxylic acids is 1. The Bertz CT molecular complexity index is 1460. The number of oxazole rings is 1. The molecule has 35 heavy (non-hydrogen) atoms. The van der Waals surface area contributed by atoms with Crippen LogP contribution in [0.3, 0.4) is 0 Å². The molecule has 2 aromatic carbocycles. The van der Waals surface area contributed by atoms with Crippen LogP contribution < -0.4 is 10.1 Å². The molecule has 1 amide bonds. The van der Waals surface area contributed by atoms with E-state index in [-0.39, 0.29) is 36.0 Å². The largest absolute Gasteiger partial charge is 0.487 e. The smallest absolute Gasteiger partial charge is 0.224 e. The summed E-state index contributed by atoms with van der Waals surface area (Å²) in [6, 6.07) is 16.0. The summed E-state index contributed by atoms with van der Waals surface area (Å²) in [6.07, 6.45) is 5.51. The number of fused-ring (bicyclic) bond motifs is 1. The van der Waals surface area contributed by atoms with Crippen LogP contribution in [0.1, 0.15) is 18.0 Å². The maximum atomic E-state index is 13.9. The number of nitrogens with zero attached hydrogens (tertiary/aromatic N) is 3. The van der Waals surface area contributed by atoms with Crippen LogP contribution in [-0.4, -0.2) is 20.3 Å². The minimum atomic E-state index is -0.742. The number of amides is 1. The molecule has 0 fully saturated rings. The minimum Gasteiger partial charge on any atom is -0.487 e. The Hall–Kier alpha value is -4.53. The zero-order valence-electron chi connectivity index (χ0n) is 18.4. The molecule has 0 atom stereocenters. The molecule has 7 nitrogen and oxygen atoms in total. The predicted molar refractivity (Wildman–Crippen MR) is 125 cm³/mol. The van der Waals surface area contributed by atoms with Gasteiger partial charge in [-0.3, -0.25) is 4.79 Å². The maximum Gasteiger partial charge on any atom is 0.224 e. The number of aryl methyl sites for hydroxylation is 1. The van der Waals surface area contributed by atoms with Gasteiger partial charge in [0.05, 0.1) is 17.5 Å². The molecule has 3 aromatic heterocycles. The molecule has 0 bridgehead atoms. The second kappa shape index (κ2) is 9.76. The molecule has 0 unspecified atom stereocenters. The number of halogens is 2. The van der Waals surface area contributed by atoms with Crippen LogP contribution in [0.25, 0.3) is 17.0 Å². The summed E-state index contributed by atoms with van der Waals surface area (Å²) in [5.74, 6) is -0.605. The standard InChI is InChI=1S/C26H20F2N4O3/c27-17-7-8-21(22(28)12-17)23-14-29-26(35-23)10-9-25(33)31-18-4-3-5-20(13-18)34-16-19-15-32-11-2-1-6-24(32)30-19/h1-8,11-15H,9-10,16H2,(H,31,33). The molecule has 0 saturated carbocycles. The lowest BCUT2D eigenvalue weighted by Crippen LogP contribution is -2.12. The van der Waals surface area contributed by atoms with Crippen molar-refractivity contribution in [2.75, 3.05) is 5.32 Å². The van der Waals surface area contributed by atoms with Gasteiger partial charge in [-0.15, -0.1) is 0 Å². The van der Waals surface area contributed by atoms with E-state index < -0.39 is 11.6 Å². The third kappa shape index (κ3) is 5.35. The molecule has 9 heteroatoms. The summed E-state index contributed by atoms with van der Waals surface area (Å²) in [5.41, 5.74) is 2.32. The summed E-state index contributed by atoms with van der Waals surface area (Å²) >= 11 is 0. The second-order valence-electron chi connectivity index (χ2n) is 7.81. The van der Waals surface area contributed by atoms with Gasteiger partial charge in [0.2, 0.25) is 5.91 Å². The molecule has 3 heterocycles. The first-order valence-electron chi connectivity index (χ1n) is 10.9. The Morgan fingerprint density at radius 2 is 2.00 bits per heavy atom. The van der Waals surface area contributed by atoms with Crippen molar-refractivity contribution < 1.29 is 22.7 Å². The third-order valence-corrected chi connectivity index (χ3v) is 5.23. The molecular formula is C26H20F2N4O3. The van der Waals surface area contributed by atoms with Crippen molar-refractivity contribution in [2.45, 2.75) is 19.4 Å². The third-order valence-electron chi connectivity index (χ3n) is 5.23. The Morgan fingerprint density at radius 1 is 1.09 bits per heavy atom. The van der Waals surface area contributed by atoms with Gasteiger partial charge >= 0.3 is 0 Å². The number of hydrogen-bond acceptors (Lipinski definition) is 5. The number of carbonyl (C=O) groups is 1. The highest BCUT2D eigenvalue weighted by molar-refractivity contribution is 5.90. The highest BCUT2D eigenvalue weighted by Gasteiger charge is 2.13. The second-order valence-corrected chi connectivity index (χ2v) is 7.81. The van der Waals surface area contributed by atoms with Crippen LogP contribution in [0.15, 0.2) is 83.7 Å². The van der Waals surface area contributed by atoms with Gasteiger partial charge in [0.1, 0.15) is 29.6 Å². The van der Waals surface area contributed by atoms with Crippen LogP contribution in [0, 0.1) is 11.6 Å². The van der Waals surface area contributed by atoms with Gasteiger partial charge < -0.3 is 18.9 Å². The number of pyridine rings is 1. The first kappa shape index (κ1) is 22.3. The average Bonchev–Trinajstić information content (AvgIpc) is 3.48. The normalized spacial score (nSPS) is 11.0. The monoisotopic (exact) mass is 474 g/mol. The zero-order valence-corrected chi connectivity index (χ0v) is 18.4. The number of benzene rings is 2. The quantitative estimate of drug-likeness (QED) is 0.325. The number of aromatic nitrogens is 3. The number of ether oxygens (including phenoxy) is 1. The van der Waals surface area contributed by atoms with Crippen LogP contribution in [0.2, 0.25) is 0 Å². The fourth-order valence-corrected chi connectivity index (χ4v) is 3.56. The summed E-state index contributed by atoms with van der Waals surface area (Å²) < 4.78 is 40.3. The van der Waals surface area contributed by atoms with Crippen LogP contribution >= 0.6 is 0 Å². The zero-order chi connectivity index (χ0) is 24.2. The van der Waals surface area contributed by atoms with E-state index in [9.17, 15) is 13.6 Å². The number of nitrogens with one attached hydrogen (secondary N) is 1. The molecule has 0 saturated heterocycles. The Kier molecular flexibility index (Phi) is 6.21. The molecule has 0 radical (unpaired) electrons. The van der Waals surface area contributed by atoms with Gasteiger partial charge in [0, 0.05) is 43.1 Å². The van der Waals surface area contributed by atoms with E-state index in [0.29, 0.717) is 18.0 Å². The highest BCUT2D eigenvalue weighted by Crippen LogP contribution is 2.25. The van der Waals surface area contributed by atoms with Crippen molar-refractivity contribution in [2.24, 2.45) is 0 Å². The molecule has 0 aliphatic carbocycles. The Labute approximate surface area is 199 Å².